The summed E-state index contributed by atoms with van der Waals surface area (Å²) in [5, 5.41) is 8.59. The predicted octanol–water partition coefficient (Wildman–Crippen LogP) is 2.81. The molecule has 0 aliphatic heterocycles. The summed E-state index contributed by atoms with van der Waals surface area (Å²) >= 11 is 0. The molecule has 0 heterocycles. The molecule has 1 aromatic carbocycles. The Morgan fingerprint density at radius 3 is 1.54 bits per heavy atom. The Bertz CT molecular complexity index is 358. The van der Waals surface area contributed by atoms with Crippen LogP contribution < -0.4 is 0 Å². The molecule has 0 saturated carbocycles. The summed E-state index contributed by atoms with van der Waals surface area (Å²) in [6.07, 6.45) is 3.43. The second kappa shape index (κ2) is 16.9. The van der Waals surface area contributed by atoms with Crippen LogP contribution in [-0.2, 0) is 25.6 Å². The van der Waals surface area contributed by atoms with E-state index in [0.29, 0.717) is 32.8 Å². The first-order valence-electron chi connectivity index (χ1n) is 8.89. The van der Waals surface area contributed by atoms with Crippen molar-refractivity contribution in [1.29, 1.82) is 0 Å². The van der Waals surface area contributed by atoms with Crippen molar-refractivity contribution >= 4 is 0 Å². The Kier molecular flexibility index (Phi) is 14.8. The standard InChI is InChI=1S/C19H32O5/c20-10-4-11-21-12-5-13-22-14-6-15-23-16-7-17-24-18-19-8-2-1-3-9-19/h1-3,8-9,20H,4-7,10-18H2. The lowest BCUT2D eigenvalue weighted by atomic mass is 10.2. The average Bonchev–Trinajstić information content (AvgIpc) is 2.62. The molecule has 0 atom stereocenters. The van der Waals surface area contributed by atoms with Crippen LogP contribution in [0.5, 0.6) is 0 Å². The number of rotatable bonds is 17. The molecule has 5 nitrogen and oxygen atoms in total. The summed E-state index contributed by atoms with van der Waals surface area (Å²) in [7, 11) is 0. The molecule has 1 rings (SSSR count). The van der Waals surface area contributed by atoms with E-state index in [4.69, 9.17) is 24.1 Å². The zero-order chi connectivity index (χ0) is 17.1. The smallest absolute Gasteiger partial charge is 0.0716 e. The number of benzene rings is 1. The van der Waals surface area contributed by atoms with Crippen molar-refractivity contribution in [2.24, 2.45) is 0 Å². The van der Waals surface area contributed by atoms with Crippen LogP contribution in [0, 0.1) is 0 Å². The summed E-state index contributed by atoms with van der Waals surface area (Å²) in [5.41, 5.74) is 1.20. The third kappa shape index (κ3) is 13.5. The number of aliphatic hydroxyl groups excluding tert-OH is 1. The van der Waals surface area contributed by atoms with E-state index in [-0.39, 0.29) is 6.61 Å². The molecule has 0 unspecified atom stereocenters. The van der Waals surface area contributed by atoms with Gasteiger partial charge in [-0.25, -0.2) is 0 Å². The van der Waals surface area contributed by atoms with Gasteiger partial charge < -0.3 is 24.1 Å². The summed E-state index contributed by atoms with van der Waals surface area (Å²) in [6, 6.07) is 10.2. The maximum Gasteiger partial charge on any atom is 0.0716 e. The lowest BCUT2D eigenvalue weighted by Gasteiger charge is -2.07. The first-order chi connectivity index (χ1) is 11.9. The van der Waals surface area contributed by atoms with Gasteiger partial charge in [0.25, 0.3) is 0 Å². The van der Waals surface area contributed by atoms with Crippen molar-refractivity contribution in [3.63, 3.8) is 0 Å². The second-order valence-corrected chi connectivity index (χ2v) is 5.51. The SMILES string of the molecule is OCCCOCCCOCCCOCCCOCc1ccccc1. The molecule has 0 bridgehead atoms. The molecule has 138 valence electrons. The predicted molar refractivity (Wildman–Crippen MR) is 94.1 cm³/mol. The zero-order valence-electron chi connectivity index (χ0n) is 14.7. The van der Waals surface area contributed by atoms with Crippen LogP contribution >= 0.6 is 0 Å². The van der Waals surface area contributed by atoms with Gasteiger partial charge >= 0.3 is 0 Å². The third-order valence-corrected chi connectivity index (χ3v) is 3.29. The summed E-state index contributed by atoms with van der Waals surface area (Å²) < 4.78 is 22.0. The minimum atomic E-state index is 0.190. The fraction of sp³-hybridized carbons (Fsp3) is 0.684. The van der Waals surface area contributed by atoms with Gasteiger partial charge in [0.05, 0.1) is 6.61 Å². The molecule has 5 heteroatoms. The van der Waals surface area contributed by atoms with E-state index in [9.17, 15) is 0 Å². The molecular weight excluding hydrogens is 308 g/mol. The molecule has 0 saturated heterocycles. The summed E-state index contributed by atoms with van der Waals surface area (Å²) in [6.45, 7) is 5.79. The van der Waals surface area contributed by atoms with Crippen molar-refractivity contribution in [3.05, 3.63) is 35.9 Å². The van der Waals surface area contributed by atoms with Crippen LogP contribution in [0.3, 0.4) is 0 Å². The maximum absolute atomic E-state index is 8.59. The highest BCUT2D eigenvalue weighted by atomic mass is 16.5. The molecule has 0 radical (unpaired) electrons. The molecule has 1 N–H and O–H groups in total. The van der Waals surface area contributed by atoms with Gasteiger partial charge in [-0.3, -0.25) is 0 Å². The highest BCUT2D eigenvalue weighted by Crippen LogP contribution is 2.00. The Morgan fingerprint density at radius 2 is 1.04 bits per heavy atom. The van der Waals surface area contributed by atoms with Gasteiger partial charge in [0.1, 0.15) is 0 Å². The Hall–Kier alpha value is -0.980. The quantitative estimate of drug-likeness (QED) is 0.442. The number of hydrogen-bond donors (Lipinski definition) is 1. The zero-order valence-corrected chi connectivity index (χ0v) is 14.7. The number of hydrogen-bond acceptors (Lipinski definition) is 5. The van der Waals surface area contributed by atoms with Gasteiger partial charge in [-0.05, 0) is 31.2 Å². The van der Waals surface area contributed by atoms with Crippen molar-refractivity contribution in [1.82, 2.24) is 0 Å². The lowest BCUT2D eigenvalue weighted by Crippen LogP contribution is -2.07. The van der Waals surface area contributed by atoms with E-state index in [2.05, 4.69) is 12.1 Å². The largest absolute Gasteiger partial charge is 0.396 e. The van der Waals surface area contributed by atoms with E-state index in [1.165, 1.54) is 5.56 Å². The highest BCUT2D eigenvalue weighted by molar-refractivity contribution is 5.13. The fourth-order valence-electron chi connectivity index (χ4n) is 2.03. The Morgan fingerprint density at radius 1 is 0.583 bits per heavy atom. The van der Waals surface area contributed by atoms with E-state index < -0.39 is 0 Å². The van der Waals surface area contributed by atoms with Crippen molar-refractivity contribution in [2.75, 3.05) is 52.9 Å². The summed E-state index contributed by atoms with van der Waals surface area (Å²) in [4.78, 5) is 0. The monoisotopic (exact) mass is 340 g/mol. The Balaban J connectivity index is 1.70. The fourth-order valence-corrected chi connectivity index (χ4v) is 2.03. The molecule has 24 heavy (non-hydrogen) atoms. The third-order valence-electron chi connectivity index (χ3n) is 3.29. The van der Waals surface area contributed by atoms with Gasteiger partial charge in [0, 0.05) is 52.9 Å². The second-order valence-electron chi connectivity index (χ2n) is 5.51. The van der Waals surface area contributed by atoms with Gasteiger partial charge in [-0.2, -0.15) is 0 Å². The van der Waals surface area contributed by atoms with Crippen LogP contribution in [-0.4, -0.2) is 58.0 Å². The highest BCUT2D eigenvalue weighted by Gasteiger charge is 1.94. The van der Waals surface area contributed by atoms with Crippen molar-refractivity contribution < 1.29 is 24.1 Å². The van der Waals surface area contributed by atoms with E-state index in [1.54, 1.807) is 0 Å². The normalized spacial score (nSPS) is 11.0. The average molecular weight is 340 g/mol. The first-order valence-corrected chi connectivity index (χ1v) is 8.89. The molecule has 0 aromatic heterocycles. The molecular formula is C19H32O5. The van der Waals surface area contributed by atoms with Gasteiger partial charge in [-0.15, -0.1) is 0 Å². The van der Waals surface area contributed by atoms with Crippen molar-refractivity contribution in [2.45, 2.75) is 32.3 Å². The van der Waals surface area contributed by atoms with Crippen LogP contribution in [0.15, 0.2) is 30.3 Å². The van der Waals surface area contributed by atoms with E-state index in [1.807, 2.05) is 18.2 Å². The van der Waals surface area contributed by atoms with Gasteiger partial charge in [0.2, 0.25) is 0 Å². The Labute approximate surface area is 145 Å². The molecule has 0 aliphatic rings. The van der Waals surface area contributed by atoms with Crippen molar-refractivity contribution in [3.8, 4) is 0 Å². The lowest BCUT2D eigenvalue weighted by molar-refractivity contribution is 0.0506. The molecule has 0 spiro atoms. The molecule has 0 amide bonds. The topological polar surface area (TPSA) is 57.2 Å². The van der Waals surface area contributed by atoms with E-state index in [0.717, 1.165) is 45.7 Å². The van der Waals surface area contributed by atoms with Gasteiger partial charge in [0.15, 0.2) is 0 Å². The summed E-state index contributed by atoms with van der Waals surface area (Å²) in [5.74, 6) is 0. The van der Waals surface area contributed by atoms with Crippen LogP contribution in [0.25, 0.3) is 0 Å². The molecule has 0 fully saturated rings. The maximum atomic E-state index is 8.59. The first kappa shape index (κ1) is 21.1. The minimum absolute atomic E-state index is 0.190. The minimum Gasteiger partial charge on any atom is -0.396 e. The molecule has 1 aromatic rings. The molecule has 0 aliphatic carbocycles. The van der Waals surface area contributed by atoms with Gasteiger partial charge in [-0.1, -0.05) is 30.3 Å². The van der Waals surface area contributed by atoms with Crippen LogP contribution in [0.2, 0.25) is 0 Å². The number of aliphatic hydroxyl groups is 1. The number of ether oxygens (including phenoxy) is 4. The van der Waals surface area contributed by atoms with E-state index >= 15 is 0 Å². The van der Waals surface area contributed by atoms with Crippen LogP contribution in [0.4, 0.5) is 0 Å². The van der Waals surface area contributed by atoms with Crippen LogP contribution in [0.1, 0.15) is 31.2 Å².